The predicted molar refractivity (Wildman–Crippen MR) is 108 cm³/mol. The number of ether oxygens (including phenoxy) is 1. The molecule has 1 aliphatic heterocycles. The summed E-state index contributed by atoms with van der Waals surface area (Å²) in [6.07, 6.45) is 1.98. The Hall–Kier alpha value is -2.45. The Morgan fingerprint density at radius 1 is 1.14 bits per heavy atom. The number of likely N-dealkylation sites (N-methyl/N-ethyl adjacent to an activating group) is 1. The van der Waals surface area contributed by atoms with Gasteiger partial charge in [0.25, 0.3) is 0 Å². The van der Waals surface area contributed by atoms with Crippen molar-refractivity contribution < 1.29 is 22.3 Å². The molecule has 0 bridgehead atoms. The molecule has 2 aromatic rings. The summed E-state index contributed by atoms with van der Waals surface area (Å²) >= 11 is 0. The van der Waals surface area contributed by atoms with Gasteiger partial charge in [0.05, 0.1) is 11.4 Å². The number of hydrogen-bond acceptors (Lipinski definition) is 4. The summed E-state index contributed by atoms with van der Waals surface area (Å²) < 4.78 is 46.4. The van der Waals surface area contributed by atoms with Crippen LogP contribution in [0, 0.1) is 5.82 Å². The van der Waals surface area contributed by atoms with Crippen molar-refractivity contribution in [2.24, 2.45) is 0 Å². The maximum absolute atomic E-state index is 13.6. The van der Waals surface area contributed by atoms with Crippen LogP contribution in [0.1, 0.15) is 19.3 Å². The number of sulfonamides is 1. The number of piperidine rings is 1. The molecular weight excluding hydrogens is 395 g/mol. The second-order valence-electron chi connectivity index (χ2n) is 6.98. The van der Waals surface area contributed by atoms with Crippen LogP contribution in [-0.4, -0.2) is 56.3 Å². The maximum atomic E-state index is 13.6. The van der Waals surface area contributed by atoms with Crippen LogP contribution >= 0.6 is 0 Å². The number of benzene rings is 2. The summed E-state index contributed by atoms with van der Waals surface area (Å²) in [7, 11) is -2.15. The quantitative estimate of drug-likeness (QED) is 0.691. The van der Waals surface area contributed by atoms with Crippen LogP contribution in [0.25, 0.3) is 0 Å². The first-order chi connectivity index (χ1) is 13.9. The molecule has 0 saturated carbocycles. The molecule has 8 heteroatoms. The first-order valence-electron chi connectivity index (χ1n) is 9.60. The molecule has 0 radical (unpaired) electrons. The number of hydrogen-bond donors (Lipinski definition) is 0. The first kappa shape index (κ1) is 21.3. The van der Waals surface area contributed by atoms with Crippen LogP contribution in [0.4, 0.5) is 4.39 Å². The summed E-state index contributed by atoms with van der Waals surface area (Å²) in [5.74, 6) is -0.616. The van der Waals surface area contributed by atoms with Gasteiger partial charge in [0, 0.05) is 13.6 Å². The summed E-state index contributed by atoms with van der Waals surface area (Å²) in [4.78, 5) is 14.6. The Morgan fingerprint density at radius 2 is 1.83 bits per heavy atom. The molecule has 1 fully saturated rings. The minimum absolute atomic E-state index is 0.112. The Morgan fingerprint density at radius 3 is 2.55 bits per heavy atom. The topological polar surface area (TPSA) is 66.9 Å². The van der Waals surface area contributed by atoms with E-state index in [2.05, 4.69) is 0 Å². The van der Waals surface area contributed by atoms with E-state index >= 15 is 0 Å². The zero-order chi connectivity index (χ0) is 20.9. The van der Waals surface area contributed by atoms with Crippen LogP contribution in [-0.2, 0) is 14.8 Å². The van der Waals surface area contributed by atoms with E-state index in [1.165, 1.54) is 33.5 Å². The van der Waals surface area contributed by atoms with Crippen molar-refractivity contribution in [3.8, 4) is 5.75 Å². The zero-order valence-corrected chi connectivity index (χ0v) is 17.1. The summed E-state index contributed by atoms with van der Waals surface area (Å²) in [6.45, 7) is 0.650. The third-order valence-corrected chi connectivity index (χ3v) is 6.91. The van der Waals surface area contributed by atoms with Crippen molar-refractivity contribution in [2.45, 2.75) is 30.2 Å². The van der Waals surface area contributed by atoms with Gasteiger partial charge in [0.15, 0.2) is 11.6 Å². The number of carbonyl (C=O) groups excluding carboxylic acids is 1. The van der Waals surface area contributed by atoms with E-state index in [0.29, 0.717) is 13.0 Å². The molecule has 3 rings (SSSR count). The number of rotatable bonds is 7. The average Bonchev–Trinajstić information content (AvgIpc) is 2.75. The number of amides is 1. The Balaban J connectivity index is 1.66. The highest BCUT2D eigenvalue weighted by Crippen LogP contribution is 2.26. The van der Waals surface area contributed by atoms with Crippen LogP contribution in [0.2, 0.25) is 0 Å². The molecule has 1 heterocycles. The molecule has 29 heavy (non-hydrogen) atoms. The fourth-order valence-corrected chi connectivity index (χ4v) is 5.06. The summed E-state index contributed by atoms with van der Waals surface area (Å²) in [6, 6.07) is 13.5. The average molecular weight is 421 g/mol. The second kappa shape index (κ2) is 9.37. The van der Waals surface area contributed by atoms with Crippen LogP contribution in [0.15, 0.2) is 59.5 Å². The van der Waals surface area contributed by atoms with Gasteiger partial charge in [-0.25, -0.2) is 12.8 Å². The molecule has 1 aliphatic rings. The van der Waals surface area contributed by atoms with Crippen molar-refractivity contribution in [3.63, 3.8) is 0 Å². The molecule has 1 saturated heterocycles. The van der Waals surface area contributed by atoms with E-state index < -0.39 is 21.9 Å². The van der Waals surface area contributed by atoms with Crippen LogP contribution in [0.5, 0.6) is 5.75 Å². The fourth-order valence-electron chi connectivity index (χ4n) is 3.39. The highest BCUT2D eigenvalue weighted by atomic mass is 32.2. The Kier molecular flexibility index (Phi) is 6.87. The highest BCUT2D eigenvalue weighted by Gasteiger charge is 2.38. The van der Waals surface area contributed by atoms with E-state index in [9.17, 15) is 17.6 Å². The van der Waals surface area contributed by atoms with Gasteiger partial charge in [-0.15, -0.1) is 0 Å². The molecule has 1 amide bonds. The van der Waals surface area contributed by atoms with Crippen molar-refractivity contribution in [2.75, 3.05) is 26.7 Å². The zero-order valence-electron chi connectivity index (χ0n) is 16.3. The molecule has 0 aromatic heterocycles. The van der Waals surface area contributed by atoms with E-state index in [0.717, 1.165) is 12.8 Å². The Labute approximate surface area is 170 Å². The van der Waals surface area contributed by atoms with Gasteiger partial charge in [0.1, 0.15) is 12.6 Å². The lowest BCUT2D eigenvalue weighted by Gasteiger charge is -2.35. The lowest BCUT2D eigenvalue weighted by Crippen LogP contribution is -2.52. The lowest BCUT2D eigenvalue weighted by atomic mass is 10.0. The van der Waals surface area contributed by atoms with Gasteiger partial charge in [-0.05, 0) is 37.1 Å². The minimum atomic E-state index is -3.75. The third-order valence-electron chi connectivity index (χ3n) is 4.99. The predicted octanol–water partition coefficient (Wildman–Crippen LogP) is 2.91. The standard InChI is InChI=1S/C21H25FN2O4S/c1-23(15-16-28-20-13-6-5-11-18(20)22)21(25)19-12-7-8-14-24(19)29(26,27)17-9-3-2-4-10-17/h2-6,9-11,13,19H,7-8,12,14-16H2,1H3. The molecule has 6 nitrogen and oxygen atoms in total. The lowest BCUT2D eigenvalue weighted by molar-refractivity contribution is -0.135. The summed E-state index contributed by atoms with van der Waals surface area (Å²) in [5.41, 5.74) is 0. The van der Waals surface area contributed by atoms with Crippen molar-refractivity contribution in [1.82, 2.24) is 9.21 Å². The second-order valence-corrected chi connectivity index (χ2v) is 8.87. The van der Waals surface area contributed by atoms with Gasteiger partial charge >= 0.3 is 0 Å². The first-order valence-corrected chi connectivity index (χ1v) is 11.0. The molecule has 0 N–H and O–H groups in total. The van der Waals surface area contributed by atoms with Crippen LogP contribution < -0.4 is 4.74 Å². The van der Waals surface area contributed by atoms with Gasteiger partial charge in [-0.3, -0.25) is 4.79 Å². The largest absolute Gasteiger partial charge is 0.489 e. The molecular formula is C21H25FN2O4S. The molecule has 2 aromatic carbocycles. The molecule has 156 valence electrons. The van der Waals surface area contributed by atoms with Crippen LogP contribution in [0.3, 0.4) is 0 Å². The molecule has 0 aliphatic carbocycles. The van der Waals surface area contributed by atoms with E-state index in [1.54, 1.807) is 37.4 Å². The maximum Gasteiger partial charge on any atom is 0.243 e. The van der Waals surface area contributed by atoms with Crippen molar-refractivity contribution >= 4 is 15.9 Å². The SMILES string of the molecule is CN(CCOc1ccccc1F)C(=O)C1CCCCN1S(=O)(=O)c1ccccc1. The third kappa shape index (κ3) is 4.94. The van der Waals surface area contributed by atoms with Gasteiger partial charge < -0.3 is 9.64 Å². The minimum Gasteiger partial charge on any atom is -0.489 e. The highest BCUT2D eigenvalue weighted by molar-refractivity contribution is 7.89. The molecule has 0 spiro atoms. The van der Waals surface area contributed by atoms with Gasteiger partial charge in [0.2, 0.25) is 15.9 Å². The van der Waals surface area contributed by atoms with Gasteiger partial charge in [-0.2, -0.15) is 4.31 Å². The summed E-state index contributed by atoms with van der Waals surface area (Å²) in [5, 5.41) is 0. The van der Waals surface area contributed by atoms with E-state index in [-0.39, 0.29) is 29.7 Å². The monoisotopic (exact) mass is 420 g/mol. The fraction of sp³-hybridized carbons (Fsp3) is 0.381. The number of halogens is 1. The van der Waals surface area contributed by atoms with Crippen molar-refractivity contribution in [3.05, 3.63) is 60.4 Å². The number of para-hydroxylation sites is 1. The molecule has 1 unspecified atom stereocenters. The number of nitrogens with zero attached hydrogens (tertiary/aromatic N) is 2. The van der Waals surface area contributed by atoms with Crippen molar-refractivity contribution in [1.29, 1.82) is 0 Å². The smallest absolute Gasteiger partial charge is 0.243 e. The Bertz CT molecular complexity index is 937. The molecule has 1 atom stereocenters. The normalized spacial score (nSPS) is 17.7. The van der Waals surface area contributed by atoms with E-state index in [1.807, 2.05) is 0 Å². The van der Waals surface area contributed by atoms with E-state index in [4.69, 9.17) is 4.74 Å². The number of carbonyl (C=O) groups is 1. The van der Waals surface area contributed by atoms with Gasteiger partial charge in [-0.1, -0.05) is 36.8 Å².